The van der Waals surface area contributed by atoms with Crippen LogP contribution >= 0.6 is 0 Å². The van der Waals surface area contributed by atoms with E-state index in [0.717, 1.165) is 35.6 Å². The molecule has 1 saturated heterocycles. The van der Waals surface area contributed by atoms with Gasteiger partial charge in [0.1, 0.15) is 12.4 Å². The van der Waals surface area contributed by atoms with Gasteiger partial charge in [-0.1, -0.05) is 36.8 Å². The molecule has 4 rings (SSSR count). The maximum atomic E-state index is 13.1. The van der Waals surface area contributed by atoms with Gasteiger partial charge in [0.05, 0.1) is 17.1 Å². The molecule has 1 aliphatic heterocycles. The fourth-order valence-corrected chi connectivity index (χ4v) is 4.09. The van der Waals surface area contributed by atoms with Gasteiger partial charge in [0.15, 0.2) is 0 Å². The molecular formula is C23H28N4O. The molecule has 2 aromatic carbocycles. The number of para-hydroxylation sites is 3. The van der Waals surface area contributed by atoms with Gasteiger partial charge in [0.25, 0.3) is 0 Å². The van der Waals surface area contributed by atoms with Crippen molar-refractivity contribution >= 4 is 22.6 Å². The summed E-state index contributed by atoms with van der Waals surface area (Å²) in [6.07, 6.45) is 3.78. The predicted octanol–water partition coefficient (Wildman–Crippen LogP) is 4.25. The molecule has 1 aromatic heterocycles. The SMILES string of the molecule is C[C@@H](c1nc2ccccc2n1CC(=O)N(C)c1ccccc1)N1CCCCC1. The van der Waals surface area contributed by atoms with Crippen LogP contribution < -0.4 is 4.90 Å². The van der Waals surface area contributed by atoms with E-state index >= 15 is 0 Å². The number of likely N-dealkylation sites (N-methyl/N-ethyl adjacent to an activating group) is 1. The van der Waals surface area contributed by atoms with Crippen LogP contribution in [0, 0.1) is 0 Å². The molecule has 0 unspecified atom stereocenters. The quantitative estimate of drug-likeness (QED) is 0.669. The molecule has 146 valence electrons. The molecular weight excluding hydrogens is 348 g/mol. The first-order valence-electron chi connectivity index (χ1n) is 10.2. The number of hydrogen-bond acceptors (Lipinski definition) is 3. The lowest BCUT2D eigenvalue weighted by molar-refractivity contribution is -0.118. The number of carbonyl (C=O) groups is 1. The number of rotatable bonds is 5. The minimum Gasteiger partial charge on any atom is -0.317 e. The largest absolute Gasteiger partial charge is 0.317 e. The third kappa shape index (κ3) is 3.67. The Kier molecular flexibility index (Phi) is 5.44. The average Bonchev–Trinajstić information content (AvgIpc) is 3.12. The molecule has 0 saturated carbocycles. The second-order valence-corrected chi connectivity index (χ2v) is 7.61. The van der Waals surface area contributed by atoms with Crippen molar-refractivity contribution in [3.63, 3.8) is 0 Å². The summed E-state index contributed by atoms with van der Waals surface area (Å²) in [5, 5.41) is 0. The summed E-state index contributed by atoms with van der Waals surface area (Å²) in [7, 11) is 1.84. The van der Waals surface area contributed by atoms with E-state index in [1.54, 1.807) is 4.90 Å². The van der Waals surface area contributed by atoms with Gasteiger partial charge in [-0.2, -0.15) is 0 Å². The molecule has 5 heteroatoms. The second-order valence-electron chi connectivity index (χ2n) is 7.61. The first kappa shape index (κ1) is 18.7. The Morgan fingerprint density at radius 3 is 2.46 bits per heavy atom. The van der Waals surface area contributed by atoms with Crippen molar-refractivity contribution in [3.8, 4) is 0 Å². The van der Waals surface area contributed by atoms with Gasteiger partial charge < -0.3 is 9.47 Å². The van der Waals surface area contributed by atoms with E-state index in [2.05, 4.69) is 22.5 Å². The lowest BCUT2D eigenvalue weighted by Crippen LogP contribution is -2.35. The normalized spacial score (nSPS) is 16.2. The summed E-state index contributed by atoms with van der Waals surface area (Å²) < 4.78 is 2.11. The van der Waals surface area contributed by atoms with Crippen molar-refractivity contribution in [1.29, 1.82) is 0 Å². The van der Waals surface area contributed by atoms with Crippen LogP contribution in [-0.4, -0.2) is 40.5 Å². The molecule has 28 heavy (non-hydrogen) atoms. The van der Waals surface area contributed by atoms with E-state index in [9.17, 15) is 4.79 Å². The minimum absolute atomic E-state index is 0.0569. The Bertz CT molecular complexity index is 944. The third-order valence-corrected chi connectivity index (χ3v) is 5.81. The topological polar surface area (TPSA) is 41.4 Å². The lowest BCUT2D eigenvalue weighted by Gasteiger charge is -2.32. The van der Waals surface area contributed by atoms with Crippen LogP contribution in [-0.2, 0) is 11.3 Å². The standard InChI is InChI=1S/C23H28N4O/c1-18(26-15-9-4-10-16-26)23-24-20-13-7-8-14-21(20)27(23)17-22(28)25(2)19-11-5-3-6-12-19/h3,5-8,11-14,18H,4,9-10,15-17H2,1-2H3/t18-/m0/s1. The number of anilines is 1. The van der Waals surface area contributed by atoms with Crippen LogP contribution in [0.5, 0.6) is 0 Å². The second kappa shape index (κ2) is 8.15. The highest BCUT2D eigenvalue weighted by atomic mass is 16.2. The third-order valence-electron chi connectivity index (χ3n) is 5.81. The highest BCUT2D eigenvalue weighted by Gasteiger charge is 2.25. The molecule has 5 nitrogen and oxygen atoms in total. The van der Waals surface area contributed by atoms with Crippen molar-refractivity contribution in [2.24, 2.45) is 0 Å². The molecule has 1 fully saturated rings. The highest BCUT2D eigenvalue weighted by Crippen LogP contribution is 2.27. The summed E-state index contributed by atoms with van der Waals surface area (Å²) >= 11 is 0. The van der Waals surface area contributed by atoms with Crippen LogP contribution in [0.4, 0.5) is 5.69 Å². The zero-order valence-corrected chi connectivity index (χ0v) is 16.7. The van der Waals surface area contributed by atoms with Gasteiger partial charge in [-0.3, -0.25) is 9.69 Å². The molecule has 3 aromatic rings. The number of fused-ring (bicyclic) bond motifs is 1. The summed E-state index contributed by atoms with van der Waals surface area (Å²) in [6.45, 7) is 4.71. The first-order chi connectivity index (χ1) is 13.6. The zero-order valence-electron chi connectivity index (χ0n) is 16.7. The van der Waals surface area contributed by atoms with Crippen LogP contribution in [0.2, 0.25) is 0 Å². The van der Waals surface area contributed by atoms with Gasteiger partial charge in [-0.25, -0.2) is 4.98 Å². The van der Waals surface area contributed by atoms with Crippen LogP contribution in [0.15, 0.2) is 54.6 Å². The van der Waals surface area contributed by atoms with Crippen molar-refractivity contribution in [2.45, 2.75) is 38.8 Å². The number of benzene rings is 2. The summed E-state index contributed by atoms with van der Waals surface area (Å²) in [6, 6.07) is 18.1. The fourth-order valence-electron chi connectivity index (χ4n) is 4.09. The highest BCUT2D eigenvalue weighted by molar-refractivity contribution is 5.93. The number of hydrogen-bond donors (Lipinski definition) is 0. The Labute approximate surface area is 166 Å². The van der Waals surface area contributed by atoms with Crippen LogP contribution in [0.25, 0.3) is 11.0 Å². The van der Waals surface area contributed by atoms with Gasteiger partial charge >= 0.3 is 0 Å². The molecule has 1 atom stereocenters. The van der Waals surface area contributed by atoms with E-state index in [0.29, 0.717) is 6.54 Å². The zero-order chi connectivity index (χ0) is 19.5. The van der Waals surface area contributed by atoms with Gasteiger partial charge in [-0.15, -0.1) is 0 Å². The first-order valence-corrected chi connectivity index (χ1v) is 10.2. The number of aromatic nitrogens is 2. The minimum atomic E-state index is 0.0569. The number of nitrogens with zero attached hydrogens (tertiary/aromatic N) is 4. The van der Waals surface area contributed by atoms with E-state index in [-0.39, 0.29) is 11.9 Å². The maximum Gasteiger partial charge on any atom is 0.246 e. The summed E-state index contributed by atoms with van der Waals surface area (Å²) in [4.78, 5) is 22.2. The Balaban J connectivity index is 1.66. The molecule has 0 bridgehead atoms. The molecule has 0 aliphatic carbocycles. The molecule has 0 spiro atoms. The predicted molar refractivity (Wildman–Crippen MR) is 113 cm³/mol. The molecule has 2 heterocycles. The Morgan fingerprint density at radius 2 is 1.71 bits per heavy atom. The smallest absolute Gasteiger partial charge is 0.246 e. The van der Waals surface area contributed by atoms with Crippen LogP contribution in [0.1, 0.15) is 38.1 Å². The summed E-state index contributed by atoms with van der Waals surface area (Å²) in [5.41, 5.74) is 2.88. The van der Waals surface area contributed by atoms with Gasteiger partial charge in [0.2, 0.25) is 5.91 Å². The number of imidazole rings is 1. The molecule has 0 N–H and O–H groups in total. The Morgan fingerprint density at radius 1 is 1.04 bits per heavy atom. The fraction of sp³-hybridized carbons (Fsp3) is 0.391. The van der Waals surface area contributed by atoms with Crippen LogP contribution in [0.3, 0.4) is 0 Å². The number of likely N-dealkylation sites (tertiary alicyclic amines) is 1. The maximum absolute atomic E-state index is 13.1. The van der Waals surface area contributed by atoms with Crippen molar-refractivity contribution in [1.82, 2.24) is 14.5 Å². The number of carbonyl (C=O) groups excluding carboxylic acids is 1. The average molecular weight is 377 g/mol. The van der Waals surface area contributed by atoms with Crippen molar-refractivity contribution < 1.29 is 4.79 Å². The molecule has 1 aliphatic rings. The molecule has 1 amide bonds. The van der Waals surface area contributed by atoms with Gasteiger partial charge in [0, 0.05) is 12.7 Å². The lowest BCUT2D eigenvalue weighted by atomic mass is 10.1. The number of piperidine rings is 1. The van der Waals surface area contributed by atoms with E-state index < -0.39 is 0 Å². The molecule has 0 radical (unpaired) electrons. The number of amides is 1. The summed E-state index contributed by atoms with van der Waals surface area (Å²) in [5.74, 6) is 1.04. The van der Waals surface area contributed by atoms with Crippen molar-refractivity contribution in [3.05, 3.63) is 60.4 Å². The van der Waals surface area contributed by atoms with Gasteiger partial charge in [-0.05, 0) is 57.1 Å². The van der Waals surface area contributed by atoms with E-state index in [4.69, 9.17) is 4.98 Å². The Hall–Kier alpha value is -2.66. The van der Waals surface area contributed by atoms with E-state index in [1.165, 1.54) is 19.3 Å². The van der Waals surface area contributed by atoms with Crippen molar-refractivity contribution in [2.75, 3.05) is 25.0 Å². The monoisotopic (exact) mass is 376 g/mol. The van der Waals surface area contributed by atoms with E-state index in [1.807, 2.05) is 55.6 Å².